The Morgan fingerprint density at radius 2 is 1.96 bits per heavy atom. The number of oxazole rings is 1. The van der Waals surface area contributed by atoms with Gasteiger partial charge >= 0.3 is 0 Å². The highest BCUT2D eigenvalue weighted by molar-refractivity contribution is 7.99. The zero-order valence-electron chi connectivity index (χ0n) is 13.6. The molecule has 0 saturated heterocycles. The molecule has 0 N–H and O–H groups in total. The van der Waals surface area contributed by atoms with Crippen LogP contribution in [0.4, 0.5) is 4.39 Å². The van der Waals surface area contributed by atoms with Crippen LogP contribution in [0, 0.1) is 12.7 Å². The van der Waals surface area contributed by atoms with Crippen LogP contribution in [0.25, 0.3) is 22.5 Å². The lowest BCUT2D eigenvalue weighted by atomic mass is 10.1. The van der Waals surface area contributed by atoms with Crippen LogP contribution in [0.2, 0.25) is 0 Å². The lowest BCUT2D eigenvalue weighted by Gasteiger charge is -2.01. The number of halogens is 1. The van der Waals surface area contributed by atoms with Gasteiger partial charge in [0.15, 0.2) is 5.58 Å². The van der Waals surface area contributed by atoms with Gasteiger partial charge in [-0.3, -0.25) is 0 Å². The maximum atomic E-state index is 13.7. The van der Waals surface area contributed by atoms with E-state index in [9.17, 15) is 4.39 Å². The van der Waals surface area contributed by atoms with Gasteiger partial charge in [0.2, 0.25) is 11.7 Å². The van der Waals surface area contributed by atoms with Crippen molar-refractivity contribution in [3.05, 3.63) is 59.7 Å². The first-order valence-corrected chi connectivity index (χ1v) is 8.60. The predicted molar refractivity (Wildman–Crippen MR) is 92.7 cm³/mol. The summed E-state index contributed by atoms with van der Waals surface area (Å²) in [5.41, 5.74) is 2.70. The zero-order chi connectivity index (χ0) is 17.4. The van der Waals surface area contributed by atoms with Gasteiger partial charge in [0, 0.05) is 5.56 Å². The summed E-state index contributed by atoms with van der Waals surface area (Å²) >= 11 is 1.39. The topological polar surface area (TPSA) is 65.0 Å². The highest BCUT2D eigenvalue weighted by Gasteiger charge is 2.19. The Labute approximate surface area is 147 Å². The molecular weight excluding hydrogens is 341 g/mol. The summed E-state index contributed by atoms with van der Waals surface area (Å²) < 4.78 is 24.7. The summed E-state index contributed by atoms with van der Waals surface area (Å²) in [7, 11) is 0. The molecule has 4 aromatic rings. The molecule has 1 atom stereocenters. The molecule has 2 heterocycles. The number of fused-ring (bicyclic) bond motifs is 1. The maximum Gasteiger partial charge on any atom is 0.257 e. The van der Waals surface area contributed by atoms with Crippen molar-refractivity contribution in [1.29, 1.82) is 0 Å². The molecule has 0 aliphatic carbocycles. The van der Waals surface area contributed by atoms with Gasteiger partial charge in [-0.25, -0.2) is 9.37 Å². The number of rotatable bonds is 4. The molecule has 0 spiro atoms. The number of benzene rings is 2. The van der Waals surface area contributed by atoms with Crippen LogP contribution in [0.1, 0.15) is 23.6 Å². The first kappa shape index (κ1) is 15.8. The Bertz CT molecular complexity index is 1010. The number of para-hydroxylation sites is 2. The number of aromatic nitrogens is 3. The van der Waals surface area contributed by atoms with Gasteiger partial charge in [0.05, 0.1) is 5.25 Å². The first-order valence-electron chi connectivity index (χ1n) is 7.72. The average molecular weight is 355 g/mol. The molecule has 25 heavy (non-hydrogen) atoms. The lowest BCUT2D eigenvalue weighted by molar-refractivity contribution is 0.380. The molecule has 1 unspecified atom stereocenters. The second-order valence-corrected chi connectivity index (χ2v) is 6.92. The number of hydrogen-bond acceptors (Lipinski definition) is 6. The molecule has 2 aromatic heterocycles. The van der Waals surface area contributed by atoms with Crippen molar-refractivity contribution in [2.75, 3.05) is 0 Å². The first-order chi connectivity index (χ1) is 12.1. The molecule has 0 saturated carbocycles. The molecule has 0 aliphatic rings. The molecule has 0 bridgehead atoms. The van der Waals surface area contributed by atoms with E-state index in [4.69, 9.17) is 8.94 Å². The Morgan fingerprint density at radius 1 is 1.12 bits per heavy atom. The van der Waals surface area contributed by atoms with E-state index < -0.39 is 0 Å². The van der Waals surface area contributed by atoms with Crippen molar-refractivity contribution in [1.82, 2.24) is 15.1 Å². The van der Waals surface area contributed by atoms with Crippen LogP contribution in [0.3, 0.4) is 0 Å². The third-order valence-electron chi connectivity index (χ3n) is 3.77. The van der Waals surface area contributed by atoms with Crippen molar-refractivity contribution in [2.24, 2.45) is 0 Å². The molecule has 0 radical (unpaired) electrons. The maximum absolute atomic E-state index is 13.7. The van der Waals surface area contributed by atoms with Gasteiger partial charge in [-0.2, -0.15) is 4.98 Å². The average Bonchev–Trinajstić information content (AvgIpc) is 3.23. The molecule has 126 valence electrons. The van der Waals surface area contributed by atoms with Crippen molar-refractivity contribution >= 4 is 22.9 Å². The van der Waals surface area contributed by atoms with E-state index in [-0.39, 0.29) is 11.1 Å². The minimum atomic E-state index is -0.294. The van der Waals surface area contributed by atoms with Crippen LogP contribution < -0.4 is 0 Å². The Kier molecular flexibility index (Phi) is 4.01. The van der Waals surface area contributed by atoms with Crippen LogP contribution in [0.5, 0.6) is 0 Å². The fourth-order valence-corrected chi connectivity index (χ4v) is 3.14. The van der Waals surface area contributed by atoms with Crippen LogP contribution in [0.15, 0.2) is 56.6 Å². The van der Waals surface area contributed by atoms with E-state index >= 15 is 0 Å². The zero-order valence-corrected chi connectivity index (χ0v) is 14.4. The minimum Gasteiger partial charge on any atom is -0.431 e. The van der Waals surface area contributed by atoms with Crippen LogP contribution in [-0.2, 0) is 0 Å². The normalized spacial score (nSPS) is 12.6. The van der Waals surface area contributed by atoms with Gasteiger partial charge in [0.1, 0.15) is 11.3 Å². The van der Waals surface area contributed by atoms with E-state index in [1.165, 1.54) is 17.8 Å². The third kappa shape index (κ3) is 3.15. The second-order valence-electron chi connectivity index (χ2n) is 5.63. The minimum absolute atomic E-state index is 0.149. The monoisotopic (exact) mass is 355 g/mol. The van der Waals surface area contributed by atoms with E-state index in [1.54, 1.807) is 19.1 Å². The summed E-state index contributed by atoms with van der Waals surface area (Å²) in [5.74, 6) is 0.500. The standard InChI is InChI=1S/C18H14FN3O2S/c1-10-7-8-12(9-13(10)19)16-21-17(24-22-16)11(2)25-18-20-14-5-3-4-6-15(14)23-18/h3-9,11H,1-2H3. The van der Waals surface area contributed by atoms with Gasteiger partial charge < -0.3 is 8.94 Å². The van der Waals surface area contributed by atoms with Crippen molar-refractivity contribution in [3.63, 3.8) is 0 Å². The van der Waals surface area contributed by atoms with E-state index in [2.05, 4.69) is 15.1 Å². The highest BCUT2D eigenvalue weighted by Crippen LogP contribution is 2.35. The number of thioether (sulfide) groups is 1. The quantitative estimate of drug-likeness (QED) is 0.470. The largest absolute Gasteiger partial charge is 0.431 e. The molecular formula is C18H14FN3O2S. The van der Waals surface area contributed by atoms with Crippen molar-refractivity contribution in [3.8, 4) is 11.4 Å². The molecule has 0 fully saturated rings. The fraction of sp³-hybridized carbons (Fsp3) is 0.167. The predicted octanol–water partition coefficient (Wildman–Crippen LogP) is 5.18. The molecule has 2 aromatic carbocycles. The van der Waals surface area contributed by atoms with E-state index in [0.717, 1.165) is 11.1 Å². The summed E-state index contributed by atoms with van der Waals surface area (Å²) in [4.78, 5) is 8.79. The van der Waals surface area contributed by atoms with Crippen LogP contribution in [-0.4, -0.2) is 15.1 Å². The van der Waals surface area contributed by atoms with Gasteiger partial charge in [0.25, 0.3) is 5.22 Å². The highest BCUT2D eigenvalue weighted by atomic mass is 32.2. The SMILES string of the molecule is Cc1ccc(-c2noc(C(C)Sc3nc4ccccc4o3)n2)cc1F. The van der Waals surface area contributed by atoms with Crippen molar-refractivity contribution < 1.29 is 13.3 Å². The molecule has 0 amide bonds. The summed E-state index contributed by atoms with van der Waals surface area (Å²) in [6.45, 7) is 3.63. The van der Waals surface area contributed by atoms with Crippen molar-refractivity contribution in [2.45, 2.75) is 24.3 Å². The summed E-state index contributed by atoms with van der Waals surface area (Å²) in [5, 5.41) is 4.33. The Morgan fingerprint density at radius 3 is 2.76 bits per heavy atom. The third-order valence-corrected chi connectivity index (χ3v) is 4.70. The molecule has 5 nitrogen and oxygen atoms in total. The summed E-state index contributed by atoms with van der Waals surface area (Å²) in [6, 6.07) is 12.4. The Hall–Kier alpha value is -2.67. The summed E-state index contributed by atoms with van der Waals surface area (Å²) in [6.07, 6.45) is 0. The Balaban J connectivity index is 1.55. The van der Waals surface area contributed by atoms with E-state index in [0.29, 0.717) is 28.1 Å². The number of nitrogens with zero attached hydrogens (tertiary/aromatic N) is 3. The molecule has 7 heteroatoms. The van der Waals surface area contributed by atoms with Gasteiger partial charge in [-0.1, -0.05) is 41.2 Å². The fourth-order valence-electron chi connectivity index (χ4n) is 2.35. The van der Waals surface area contributed by atoms with Gasteiger partial charge in [-0.15, -0.1) is 0 Å². The van der Waals surface area contributed by atoms with Crippen LogP contribution >= 0.6 is 11.8 Å². The number of hydrogen-bond donors (Lipinski definition) is 0. The second kappa shape index (κ2) is 6.33. The molecule has 4 rings (SSSR count). The smallest absolute Gasteiger partial charge is 0.257 e. The molecule has 0 aliphatic heterocycles. The number of aryl methyl sites for hydroxylation is 1. The van der Waals surface area contributed by atoms with Gasteiger partial charge in [-0.05, 0) is 37.6 Å². The lowest BCUT2D eigenvalue weighted by Crippen LogP contribution is -1.90. The van der Waals surface area contributed by atoms with E-state index in [1.807, 2.05) is 31.2 Å².